The second-order valence-corrected chi connectivity index (χ2v) is 7.34. The molecule has 0 atom stereocenters. The first kappa shape index (κ1) is 21.4. The van der Waals surface area contributed by atoms with E-state index >= 15 is 0 Å². The number of nitrogens with one attached hydrogen (secondary N) is 1. The lowest BCUT2D eigenvalue weighted by Crippen LogP contribution is -2.21. The van der Waals surface area contributed by atoms with Crippen LogP contribution in [0.3, 0.4) is 0 Å². The third-order valence-corrected chi connectivity index (χ3v) is 5.18. The van der Waals surface area contributed by atoms with Crippen LogP contribution in [0.2, 0.25) is 0 Å². The number of aryl methyl sites for hydroxylation is 1. The van der Waals surface area contributed by atoms with Gasteiger partial charge >= 0.3 is 5.97 Å². The normalized spacial score (nSPS) is 10.4. The Kier molecular flexibility index (Phi) is 7.08. The largest absolute Gasteiger partial charge is 0.497 e. The minimum Gasteiger partial charge on any atom is -0.497 e. The van der Waals surface area contributed by atoms with Crippen molar-refractivity contribution in [3.05, 3.63) is 65.0 Å². The van der Waals surface area contributed by atoms with Gasteiger partial charge in [0, 0.05) is 10.9 Å². The molecule has 1 N–H and O–H groups in total. The average Bonchev–Trinajstić information content (AvgIpc) is 3.16. The van der Waals surface area contributed by atoms with Gasteiger partial charge in [0.05, 0.1) is 13.7 Å². The number of amides is 1. The van der Waals surface area contributed by atoms with Gasteiger partial charge in [0.1, 0.15) is 22.1 Å². The van der Waals surface area contributed by atoms with Crippen molar-refractivity contribution in [2.45, 2.75) is 13.8 Å². The summed E-state index contributed by atoms with van der Waals surface area (Å²) < 4.78 is 16.0. The highest BCUT2D eigenvalue weighted by molar-refractivity contribution is 7.15. The predicted octanol–water partition coefficient (Wildman–Crippen LogP) is 4.93. The summed E-state index contributed by atoms with van der Waals surface area (Å²) in [5.74, 6) is 0.485. The minimum absolute atomic E-state index is 0.165. The maximum atomic E-state index is 12.6. The number of hydrogen-bond donors (Lipinski definition) is 1. The molecular formula is C23H23NO5S. The molecule has 156 valence electrons. The van der Waals surface area contributed by atoms with Gasteiger partial charge in [-0.2, -0.15) is 0 Å². The van der Waals surface area contributed by atoms with Crippen molar-refractivity contribution in [2.24, 2.45) is 0 Å². The van der Waals surface area contributed by atoms with Gasteiger partial charge in [-0.05, 0) is 49.2 Å². The van der Waals surface area contributed by atoms with E-state index in [0.717, 1.165) is 11.1 Å². The Bertz CT molecular complexity index is 1030. The molecule has 3 rings (SSSR count). The van der Waals surface area contributed by atoms with Crippen molar-refractivity contribution >= 4 is 28.2 Å². The third-order valence-electron chi connectivity index (χ3n) is 4.28. The van der Waals surface area contributed by atoms with Gasteiger partial charge in [-0.25, -0.2) is 4.79 Å². The van der Waals surface area contributed by atoms with E-state index in [1.54, 1.807) is 20.1 Å². The molecule has 0 fully saturated rings. The molecule has 6 nitrogen and oxygen atoms in total. The summed E-state index contributed by atoms with van der Waals surface area (Å²) in [6.07, 6.45) is 0. The summed E-state index contributed by atoms with van der Waals surface area (Å²) in [5, 5.41) is 5.03. The molecule has 2 aromatic carbocycles. The Morgan fingerprint density at radius 1 is 1.07 bits per heavy atom. The highest BCUT2D eigenvalue weighted by Crippen LogP contribution is 2.36. The van der Waals surface area contributed by atoms with Crippen molar-refractivity contribution in [1.82, 2.24) is 0 Å². The summed E-state index contributed by atoms with van der Waals surface area (Å²) in [6, 6.07) is 14.8. The molecule has 0 aliphatic heterocycles. The van der Waals surface area contributed by atoms with Crippen LogP contribution in [-0.2, 0) is 9.53 Å². The Hall–Kier alpha value is -3.32. The fourth-order valence-electron chi connectivity index (χ4n) is 2.86. The zero-order valence-electron chi connectivity index (χ0n) is 17.1. The molecule has 0 aliphatic carbocycles. The average molecular weight is 426 g/mol. The van der Waals surface area contributed by atoms with Crippen LogP contribution < -0.4 is 14.8 Å². The van der Waals surface area contributed by atoms with Gasteiger partial charge in [-0.15, -0.1) is 11.3 Å². The van der Waals surface area contributed by atoms with E-state index < -0.39 is 5.97 Å². The topological polar surface area (TPSA) is 73.9 Å². The van der Waals surface area contributed by atoms with Crippen LogP contribution in [-0.4, -0.2) is 32.2 Å². The second kappa shape index (κ2) is 9.93. The van der Waals surface area contributed by atoms with Crippen LogP contribution in [0.5, 0.6) is 11.5 Å². The van der Waals surface area contributed by atoms with E-state index in [1.807, 2.05) is 54.8 Å². The molecule has 0 spiro atoms. The molecule has 30 heavy (non-hydrogen) atoms. The van der Waals surface area contributed by atoms with Crippen molar-refractivity contribution in [3.63, 3.8) is 0 Å². The Morgan fingerprint density at radius 3 is 2.50 bits per heavy atom. The Morgan fingerprint density at radius 2 is 1.83 bits per heavy atom. The van der Waals surface area contributed by atoms with E-state index in [9.17, 15) is 9.59 Å². The van der Waals surface area contributed by atoms with E-state index in [2.05, 4.69) is 5.32 Å². The van der Waals surface area contributed by atoms with Gasteiger partial charge in [-0.1, -0.05) is 24.3 Å². The summed E-state index contributed by atoms with van der Waals surface area (Å²) in [4.78, 5) is 25.1. The quantitative estimate of drug-likeness (QED) is 0.518. The van der Waals surface area contributed by atoms with Crippen molar-refractivity contribution in [1.29, 1.82) is 0 Å². The number of hydrogen-bond acceptors (Lipinski definition) is 6. The first-order chi connectivity index (χ1) is 14.5. The van der Waals surface area contributed by atoms with Gasteiger partial charge in [0.25, 0.3) is 5.91 Å². The lowest BCUT2D eigenvalue weighted by atomic mass is 10.0. The molecule has 7 heteroatoms. The monoisotopic (exact) mass is 425 g/mol. The molecule has 1 aromatic heterocycles. The molecule has 0 bridgehead atoms. The molecule has 0 saturated heterocycles. The van der Waals surface area contributed by atoms with Gasteiger partial charge in [-0.3, -0.25) is 4.79 Å². The standard InChI is InChI=1S/C23H23NO5S/c1-4-28-23(26)21-19(16-8-10-17(27-3)11-9-16)14-30-22(21)24-20(25)13-29-18-7-5-6-15(2)12-18/h5-12,14H,4,13H2,1-3H3,(H,24,25). The number of thiophene rings is 1. The summed E-state index contributed by atoms with van der Waals surface area (Å²) in [5.41, 5.74) is 2.89. The predicted molar refractivity (Wildman–Crippen MR) is 118 cm³/mol. The molecule has 0 radical (unpaired) electrons. The van der Waals surface area contributed by atoms with Gasteiger partial charge in [0.2, 0.25) is 0 Å². The molecule has 1 heterocycles. The zero-order valence-corrected chi connectivity index (χ0v) is 17.9. The lowest BCUT2D eigenvalue weighted by Gasteiger charge is -2.10. The number of carbonyl (C=O) groups excluding carboxylic acids is 2. The highest BCUT2D eigenvalue weighted by atomic mass is 32.1. The lowest BCUT2D eigenvalue weighted by molar-refractivity contribution is -0.118. The molecule has 0 saturated carbocycles. The summed E-state index contributed by atoms with van der Waals surface area (Å²) in [7, 11) is 1.59. The first-order valence-electron chi connectivity index (χ1n) is 9.44. The SMILES string of the molecule is CCOC(=O)c1c(-c2ccc(OC)cc2)csc1NC(=O)COc1cccc(C)c1. The van der Waals surface area contributed by atoms with Crippen LogP contribution in [0.4, 0.5) is 5.00 Å². The molecule has 3 aromatic rings. The molecule has 0 aliphatic rings. The van der Waals surface area contributed by atoms with Crippen LogP contribution in [0.1, 0.15) is 22.8 Å². The van der Waals surface area contributed by atoms with Crippen LogP contribution in [0.15, 0.2) is 53.9 Å². The van der Waals surface area contributed by atoms with Crippen molar-refractivity contribution < 1.29 is 23.8 Å². The number of benzene rings is 2. The Labute approximate surface area is 179 Å². The van der Waals surface area contributed by atoms with Crippen molar-refractivity contribution in [2.75, 3.05) is 25.6 Å². The maximum Gasteiger partial charge on any atom is 0.341 e. The number of anilines is 1. The number of ether oxygens (including phenoxy) is 3. The molecular weight excluding hydrogens is 402 g/mol. The maximum absolute atomic E-state index is 12.6. The van der Waals surface area contributed by atoms with Crippen molar-refractivity contribution in [3.8, 4) is 22.6 Å². The zero-order chi connectivity index (χ0) is 21.5. The van der Waals surface area contributed by atoms with Crippen LogP contribution in [0, 0.1) is 6.92 Å². The molecule has 1 amide bonds. The fourth-order valence-corrected chi connectivity index (χ4v) is 3.83. The van der Waals surface area contributed by atoms with Crippen LogP contribution >= 0.6 is 11.3 Å². The minimum atomic E-state index is -0.487. The summed E-state index contributed by atoms with van der Waals surface area (Å²) in [6.45, 7) is 3.76. The van der Waals surface area contributed by atoms with Gasteiger partial charge < -0.3 is 19.5 Å². The highest BCUT2D eigenvalue weighted by Gasteiger charge is 2.23. The van der Waals surface area contributed by atoms with E-state index in [-0.39, 0.29) is 19.1 Å². The number of carbonyl (C=O) groups is 2. The third kappa shape index (κ3) is 5.18. The number of esters is 1. The Balaban J connectivity index is 1.80. The first-order valence-corrected chi connectivity index (χ1v) is 10.3. The van der Waals surface area contributed by atoms with Crippen LogP contribution in [0.25, 0.3) is 11.1 Å². The second-order valence-electron chi connectivity index (χ2n) is 6.46. The van der Waals surface area contributed by atoms with E-state index in [0.29, 0.717) is 27.6 Å². The van der Waals surface area contributed by atoms with E-state index in [1.165, 1.54) is 11.3 Å². The smallest absolute Gasteiger partial charge is 0.341 e. The van der Waals surface area contributed by atoms with Gasteiger partial charge in [0.15, 0.2) is 6.61 Å². The van der Waals surface area contributed by atoms with E-state index in [4.69, 9.17) is 14.2 Å². The number of rotatable bonds is 8. The fraction of sp³-hybridized carbons (Fsp3) is 0.217. The number of methoxy groups -OCH3 is 1. The summed E-state index contributed by atoms with van der Waals surface area (Å²) >= 11 is 1.27. The molecule has 0 unspecified atom stereocenters.